The summed E-state index contributed by atoms with van der Waals surface area (Å²) in [7, 11) is 0. The number of hydrogen-bond donors (Lipinski definition) is 0. The molecule has 0 fully saturated rings. The van der Waals surface area contributed by atoms with E-state index in [0.29, 0.717) is 6.07 Å². The van der Waals surface area contributed by atoms with Crippen molar-refractivity contribution in [3.63, 3.8) is 0 Å². The third kappa shape index (κ3) is 2.60. The van der Waals surface area contributed by atoms with Gasteiger partial charge in [-0.25, -0.2) is 13.2 Å². The fourth-order valence-corrected chi connectivity index (χ4v) is 1.32. The van der Waals surface area contributed by atoms with Crippen molar-refractivity contribution in [1.82, 2.24) is 4.98 Å². The first-order chi connectivity index (χ1) is 7.10. The van der Waals surface area contributed by atoms with E-state index in [9.17, 15) is 13.2 Å². The molecule has 0 atom stereocenters. The SMILES string of the molecule is N#CCc1c(F)cc(C(F)F)nc1CCl. The van der Waals surface area contributed by atoms with Crippen LogP contribution >= 0.6 is 11.6 Å². The van der Waals surface area contributed by atoms with Gasteiger partial charge in [0.15, 0.2) is 0 Å². The molecule has 0 unspecified atom stereocenters. The number of nitriles is 1. The van der Waals surface area contributed by atoms with E-state index in [2.05, 4.69) is 4.98 Å². The second kappa shape index (κ2) is 4.99. The molecule has 0 aliphatic carbocycles. The van der Waals surface area contributed by atoms with Crippen molar-refractivity contribution in [2.24, 2.45) is 0 Å². The van der Waals surface area contributed by atoms with Crippen molar-refractivity contribution in [2.75, 3.05) is 0 Å². The molecule has 1 aromatic rings. The minimum Gasteiger partial charge on any atom is -0.250 e. The van der Waals surface area contributed by atoms with Crippen LogP contribution in [0.15, 0.2) is 6.07 Å². The van der Waals surface area contributed by atoms with Crippen LogP contribution in [0.4, 0.5) is 13.2 Å². The summed E-state index contributed by atoms with van der Waals surface area (Å²) < 4.78 is 37.7. The Morgan fingerprint density at radius 3 is 2.67 bits per heavy atom. The zero-order valence-electron chi connectivity index (χ0n) is 7.48. The molecule has 1 heterocycles. The van der Waals surface area contributed by atoms with Crippen molar-refractivity contribution >= 4 is 11.6 Å². The van der Waals surface area contributed by atoms with E-state index in [1.165, 1.54) is 0 Å². The zero-order valence-corrected chi connectivity index (χ0v) is 8.23. The van der Waals surface area contributed by atoms with Crippen LogP contribution in [-0.2, 0) is 12.3 Å². The van der Waals surface area contributed by atoms with Crippen LogP contribution in [0.5, 0.6) is 0 Å². The van der Waals surface area contributed by atoms with Crippen LogP contribution in [0.25, 0.3) is 0 Å². The maximum Gasteiger partial charge on any atom is 0.280 e. The Morgan fingerprint density at radius 1 is 1.53 bits per heavy atom. The first kappa shape index (κ1) is 11.8. The average molecular weight is 235 g/mol. The van der Waals surface area contributed by atoms with Gasteiger partial charge in [-0.3, -0.25) is 4.98 Å². The maximum atomic E-state index is 13.3. The van der Waals surface area contributed by atoms with E-state index in [-0.39, 0.29) is 23.6 Å². The van der Waals surface area contributed by atoms with Crippen LogP contribution in [0.3, 0.4) is 0 Å². The summed E-state index contributed by atoms with van der Waals surface area (Å²) in [6.07, 6.45) is -3.08. The second-order valence-corrected chi connectivity index (χ2v) is 2.99. The summed E-state index contributed by atoms with van der Waals surface area (Å²) in [6.45, 7) is 0. The third-order valence-electron chi connectivity index (χ3n) is 1.78. The second-order valence-electron chi connectivity index (χ2n) is 2.72. The molecule has 80 valence electrons. The lowest BCUT2D eigenvalue weighted by molar-refractivity contribution is 0.145. The highest BCUT2D eigenvalue weighted by atomic mass is 35.5. The predicted molar refractivity (Wildman–Crippen MR) is 48.0 cm³/mol. The molecule has 15 heavy (non-hydrogen) atoms. The van der Waals surface area contributed by atoms with Gasteiger partial charge >= 0.3 is 0 Å². The van der Waals surface area contributed by atoms with Gasteiger partial charge in [0.1, 0.15) is 11.5 Å². The highest BCUT2D eigenvalue weighted by Gasteiger charge is 2.16. The Morgan fingerprint density at radius 2 is 2.20 bits per heavy atom. The molecule has 0 spiro atoms. The summed E-state index contributed by atoms with van der Waals surface area (Å²) in [6, 6.07) is 2.35. The Kier molecular flexibility index (Phi) is 3.92. The normalized spacial score (nSPS) is 10.4. The predicted octanol–water partition coefficient (Wildman–Crippen LogP) is 2.96. The standard InChI is InChI=1S/C9H6ClF3N2/c10-4-8-5(1-2-14)6(11)3-7(15-8)9(12)13/h3,9H,1,4H2. The monoisotopic (exact) mass is 234 g/mol. The zero-order chi connectivity index (χ0) is 11.4. The minimum atomic E-state index is -2.85. The third-order valence-corrected chi connectivity index (χ3v) is 2.03. The number of pyridine rings is 1. The number of rotatable bonds is 3. The molecule has 0 saturated carbocycles. The van der Waals surface area contributed by atoms with Gasteiger partial charge in [0.2, 0.25) is 0 Å². The summed E-state index contributed by atoms with van der Waals surface area (Å²) in [5.74, 6) is -1.06. The van der Waals surface area contributed by atoms with Crippen molar-refractivity contribution < 1.29 is 13.2 Å². The highest BCUT2D eigenvalue weighted by molar-refractivity contribution is 6.17. The Bertz CT molecular complexity index is 401. The highest BCUT2D eigenvalue weighted by Crippen LogP contribution is 2.22. The van der Waals surface area contributed by atoms with E-state index in [1.54, 1.807) is 6.07 Å². The van der Waals surface area contributed by atoms with Crippen LogP contribution in [0, 0.1) is 17.1 Å². The molecule has 0 radical (unpaired) electrons. The molecule has 1 aromatic heterocycles. The lowest BCUT2D eigenvalue weighted by Crippen LogP contribution is -2.03. The molecule has 2 nitrogen and oxygen atoms in total. The van der Waals surface area contributed by atoms with Crippen molar-refractivity contribution in [2.45, 2.75) is 18.7 Å². The van der Waals surface area contributed by atoms with Gasteiger partial charge in [0.25, 0.3) is 6.43 Å². The van der Waals surface area contributed by atoms with E-state index >= 15 is 0 Å². The molecule has 1 rings (SSSR count). The Balaban J connectivity index is 3.25. The molecule has 0 aliphatic rings. The molecule has 0 amide bonds. The van der Waals surface area contributed by atoms with Gasteiger partial charge in [-0.1, -0.05) is 0 Å². The molecular weight excluding hydrogens is 229 g/mol. The summed E-state index contributed by atoms with van der Waals surface area (Å²) in [5.41, 5.74) is -0.685. The average Bonchev–Trinajstić information content (AvgIpc) is 2.20. The first-order valence-corrected chi connectivity index (χ1v) is 4.52. The smallest absolute Gasteiger partial charge is 0.250 e. The number of hydrogen-bond acceptors (Lipinski definition) is 2. The van der Waals surface area contributed by atoms with Gasteiger partial charge in [-0.15, -0.1) is 11.6 Å². The molecule has 0 aliphatic heterocycles. The summed E-state index contributed by atoms with van der Waals surface area (Å²) >= 11 is 5.43. The van der Waals surface area contributed by atoms with Crippen LogP contribution in [-0.4, -0.2) is 4.98 Å². The minimum absolute atomic E-state index is 0.00600. The lowest BCUT2D eigenvalue weighted by atomic mass is 10.1. The molecule has 0 aromatic carbocycles. The summed E-state index contributed by atoms with van der Waals surface area (Å²) in [5, 5.41) is 8.41. The van der Waals surface area contributed by atoms with Crippen LogP contribution < -0.4 is 0 Å². The van der Waals surface area contributed by atoms with Crippen LogP contribution in [0.2, 0.25) is 0 Å². The largest absolute Gasteiger partial charge is 0.280 e. The lowest BCUT2D eigenvalue weighted by Gasteiger charge is -2.07. The van der Waals surface area contributed by atoms with E-state index in [1.807, 2.05) is 0 Å². The Hall–Kier alpha value is -1.28. The van der Waals surface area contributed by atoms with Crippen molar-refractivity contribution in [1.29, 1.82) is 5.26 Å². The van der Waals surface area contributed by atoms with Crippen molar-refractivity contribution in [3.8, 4) is 6.07 Å². The quantitative estimate of drug-likeness (QED) is 0.754. The van der Waals surface area contributed by atoms with Gasteiger partial charge in [0, 0.05) is 11.6 Å². The van der Waals surface area contributed by atoms with E-state index in [0.717, 1.165) is 0 Å². The fraction of sp³-hybridized carbons (Fsp3) is 0.333. The topological polar surface area (TPSA) is 36.7 Å². The summed E-state index contributed by atoms with van der Waals surface area (Å²) in [4.78, 5) is 3.50. The number of halogens is 4. The maximum absolute atomic E-state index is 13.3. The van der Waals surface area contributed by atoms with E-state index in [4.69, 9.17) is 16.9 Å². The van der Waals surface area contributed by atoms with Gasteiger partial charge in [0.05, 0.1) is 24.1 Å². The molecule has 0 saturated heterocycles. The molecule has 0 bridgehead atoms. The van der Waals surface area contributed by atoms with Gasteiger partial charge < -0.3 is 0 Å². The number of aromatic nitrogens is 1. The molecule has 6 heteroatoms. The fourth-order valence-electron chi connectivity index (χ4n) is 1.10. The number of alkyl halides is 3. The number of nitrogens with zero attached hydrogens (tertiary/aromatic N) is 2. The van der Waals surface area contributed by atoms with Gasteiger partial charge in [-0.2, -0.15) is 5.26 Å². The van der Waals surface area contributed by atoms with Crippen LogP contribution in [0.1, 0.15) is 23.4 Å². The first-order valence-electron chi connectivity index (χ1n) is 3.99. The van der Waals surface area contributed by atoms with Gasteiger partial charge in [-0.05, 0) is 0 Å². The van der Waals surface area contributed by atoms with Crippen molar-refractivity contribution in [3.05, 3.63) is 28.8 Å². The molecule has 0 N–H and O–H groups in total. The molecular formula is C9H6ClF3N2. The Labute approximate surface area is 89.3 Å². The van der Waals surface area contributed by atoms with E-state index < -0.39 is 17.9 Å².